The van der Waals surface area contributed by atoms with E-state index in [9.17, 15) is 9.90 Å². The third-order valence-corrected chi connectivity index (χ3v) is 10.0. The van der Waals surface area contributed by atoms with E-state index < -0.39 is 0 Å². The maximum absolute atomic E-state index is 12.6. The predicted octanol–water partition coefficient (Wildman–Crippen LogP) is 12.8. The maximum Gasteiger partial charge on any atom is 0.306 e. The molecule has 0 aliphatic carbocycles. The fourth-order valence-corrected chi connectivity index (χ4v) is 6.92. The number of carbonyl (C=O) groups is 1. The van der Waals surface area contributed by atoms with Gasteiger partial charge in [-0.2, -0.15) is 0 Å². The lowest BCUT2D eigenvalue weighted by Gasteiger charge is -2.22. The van der Waals surface area contributed by atoms with E-state index in [-0.39, 0.29) is 18.7 Å². The summed E-state index contributed by atoms with van der Waals surface area (Å²) >= 11 is 0. The van der Waals surface area contributed by atoms with Crippen molar-refractivity contribution < 1.29 is 19.4 Å². The van der Waals surface area contributed by atoms with E-state index in [0.717, 1.165) is 51.8 Å². The van der Waals surface area contributed by atoms with E-state index in [1.54, 1.807) is 0 Å². The summed E-state index contributed by atoms with van der Waals surface area (Å²) < 4.78 is 12.3. The number of carbonyl (C=O) groups excluding carboxylic acids is 1. The van der Waals surface area contributed by atoms with Crippen LogP contribution in [0.2, 0.25) is 0 Å². The molecule has 0 aromatic rings. The molecular weight excluding hydrogens is 594 g/mol. The number of unbranched alkanes of at least 4 members (excludes halogenated alkanes) is 20. The van der Waals surface area contributed by atoms with Crippen LogP contribution in [0.15, 0.2) is 0 Å². The van der Waals surface area contributed by atoms with Gasteiger partial charge < -0.3 is 19.5 Å². The van der Waals surface area contributed by atoms with Crippen molar-refractivity contribution in [3.63, 3.8) is 0 Å². The summed E-state index contributed by atoms with van der Waals surface area (Å²) in [4.78, 5) is 14.9. The molecule has 0 aliphatic heterocycles. The van der Waals surface area contributed by atoms with Crippen molar-refractivity contribution in [2.24, 2.45) is 0 Å². The summed E-state index contributed by atoms with van der Waals surface area (Å²) in [5.74, 6) is -0.0384. The molecular formula is C43H87NO4. The number of aliphatic hydroxyl groups excluding tert-OH is 1. The second-order valence-corrected chi connectivity index (χ2v) is 14.9. The Morgan fingerprint density at radius 3 is 1.42 bits per heavy atom. The van der Waals surface area contributed by atoms with Gasteiger partial charge in [-0.3, -0.25) is 4.79 Å². The number of esters is 1. The number of aliphatic hydroxyl groups is 1. The Labute approximate surface area is 301 Å². The molecule has 0 bridgehead atoms. The van der Waals surface area contributed by atoms with Crippen LogP contribution in [-0.4, -0.2) is 61.0 Å². The SMILES string of the molecule is CCCCCCCCC(CCCCCCCC)OCCCCCCCCN(CCO)CCCC(=O)OC(CCC)CCCCCCCC. The first-order valence-electron chi connectivity index (χ1n) is 21.7. The van der Waals surface area contributed by atoms with Crippen LogP contribution < -0.4 is 0 Å². The van der Waals surface area contributed by atoms with Gasteiger partial charge in [-0.05, 0) is 64.5 Å². The zero-order chi connectivity index (χ0) is 35.2. The summed E-state index contributed by atoms with van der Waals surface area (Å²) in [6.07, 6.45) is 38.9. The van der Waals surface area contributed by atoms with Crippen LogP contribution in [0.5, 0.6) is 0 Å². The van der Waals surface area contributed by atoms with Crippen LogP contribution in [0.4, 0.5) is 0 Å². The van der Waals surface area contributed by atoms with Crippen LogP contribution >= 0.6 is 0 Å². The molecule has 0 radical (unpaired) electrons. The maximum atomic E-state index is 12.6. The normalized spacial score (nSPS) is 12.4. The molecule has 0 aliphatic rings. The van der Waals surface area contributed by atoms with Crippen molar-refractivity contribution in [3.05, 3.63) is 0 Å². The molecule has 0 saturated carbocycles. The molecule has 0 aromatic heterocycles. The van der Waals surface area contributed by atoms with Crippen molar-refractivity contribution >= 4 is 5.97 Å². The number of rotatable bonds is 40. The zero-order valence-corrected chi connectivity index (χ0v) is 33.2. The minimum atomic E-state index is -0.0384. The molecule has 0 spiro atoms. The second-order valence-electron chi connectivity index (χ2n) is 14.9. The topological polar surface area (TPSA) is 59.0 Å². The van der Waals surface area contributed by atoms with E-state index in [1.165, 1.54) is 161 Å². The largest absolute Gasteiger partial charge is 0.462 e. The third kappa shape index (κ3) is 33.8. The van der Waals surface area contributed by atoms with E-state index in [0.29, 0.717) is 19.1 Å². The van der Waals surface area contributed by atoms with E-state index in [1.807, 2.05) is 0 Å². The number of hydrogen-bond donors (Lipinski definition) is 1. The average Bonchev–Trinajstić information content (AvgIpc) is 3.08. The lowest BCUT2D eigenvalue weighted by atomic mass is 10.0. The van der Waals surface area contributed by atoms with Crippen molar-refractivity contribution in [1.82, 2.24) is 4.90 Å². The van der Waals surface area contributed by atoms with Gasteiger partial charge in [0.05, 0.1) is 12.7 Å². The smallest absolute Gasteiger partial charge is 0.306 e. The first-order valence-corrected chi connectivity index (χ1v) is 21.7. The minimum absolute atomic E-state index is 0.0384. The Kier molecular flexibility index (Phi) is 38.6. The molecule has 0 aromatic carbocycles. The van der Waals surface area contributed by atoms with Crippen LogP contribution in [0.3, 0.4) is 0 Å². The molecule has 0 fully saturated rings. The number of ether oxygens (including phenoxy) is 2. The van der Waals surface area contributed by atoms with Crippen LogP contribution in [-0.2, 0) is 14.3 Å². The zero-order valence-electron chi connectivity index (χ0n) is 33.2. The van der Waals surface area contributed by atoms with Crippen molar-refractivity contribution in [3.8, 4) is 0 Å². The standard InChI is InChI=1S/C43H87NO4/c1-5-9-12-15-20-25-32-41(33-26-21-16-13-10-6-2)47-40-29-24-19-18-23-28-36-44(38-39-45)37-30-35-43(46)48-42(31-8-4)34-27-22-17-14-11-7-3/h41-42,45H,5-40H2,1-4H3. The van der Waals surface area contributed by atoms with Gasteiger partial charge in [0, 0.05) is 19.6 Å². The van der Waals surface area contributed by atoms with Gasteiger partial charge in [-0.25, -0.2) is 0 Å². The molecule has 5 heteroatoms. The van der Waals surface area contributed by atoms with Crippen LogP contribution in [0, 0.1) is 0 Å². The first-order chi connectivity index (χ1) is 23.6. The second kappa shape index (κ2) is 39.1. The lowest BCUT2D eigenvalue weighted by molar-refractivity contribution is -0.150. The molecule has 0 saturated heterocycles. The molecule has 1 N–H and O–H groups in total. The predicted molar refractivity (Wildman–Crippen MR) is 209 cm³/mol. The van der Waals surface area contributed by atoms with Gasteiger partial charge in [0.25, 0.3) is 0 Å². The Hall–Kier alpha value is -0.650. The van der Waals surface area contributed by atoms with Crippen molar-refractivity contribution in [2.75, 3.05) is 32.8 Å². The third-order valence-electron chi connectivity index (χ3n) is 10.0. The summed E-state index contributed by atoms with van der Waals surface area (Å²) in [7, 11) is 0. The van der Waals surface area contributed by atoms with Gasteiger partial charge in [-0.1, -0.05) is 169 Å². The van der Waals surface area contributed by atoms with Crippen molar-refractivity contribution in [2.45, 2.75) is 239 Å². The highest BCUT2D eigenvalue weighted by Gasteiger charge is 2.14. The monoisotopic (exact) mass is 682 g/mol. The molecule has 5 nitrogen and oxygen atoms in total. The molecule has 0 heterocycles. The van der Waals surface area contributed by atoms with Crippen molar-refractivity contribution in [1.29, 1.82) is 0 Å². The van der Waals surface area contributed by atoms with E-state index >= 15 is 0 Å². The van der Waals surface area contributed by atoms with Gasteiger partial charge in [0.15, 0.2) is 0 Å². The lowest BCUT2D eigenvalue weighted by Crippen LogP contribution is -2.29. The van der Waals surface area contributed by atoms with Gasteiger partial charge in [-0.15, -0.1) is 0 Å². The average molecular weight is 682 g/mol. The minimum Gasteiger partial charge on any atom is -0.462 e. The Morgan fingerprint density at radius 1 is 0.479 bits per heavy atom. The van der Waals surface area contributed by atoms with E-state index in [4.69, 9.17) is 9.47 Å². The quantitative estimate of drug-likeness (QED) is 0.0515. The fraction of sp³-hybridized carbons (Fsp3) is 0.977. The van der Waals surface area contributed by atoms with E-state index in [2.05, 4.69) is 32.6 Å². The summed E-state index contributed by atoms with van der Waals surface area (Å²) in [6.45, 7) is 12.7. The van der Waals surface area contributed by atoms with Gasteiger partial charge in [0.2, 0.25) is 0 Å². The Bertz CT molecular complexity index is 614. The highest BCUT2D eigenvalue weighted by atomic mass is 16.5. The molecule has 48 heavy (non-hydrogen) atoms. The Balaban J connectivity index is 4.10. The molecule has 0 rings (SSSR count). The highest BCUT2D eigenvalue weighted by molar-refractivity contribution is 5.69. The fourth-order valence-electron chi connectivity index (χ4n) is 6.92. The number of hydrogen-bond acceptors (Lipinski definition) is 5. The van der Waals surface area contributed by atoms with Crippen LogP contribution in [0.1, 0.15) is 227 Å². The summed E-state index contributed by atoms with van der Waals surface area (Å²) in [5.41, 5.74) is 0. The molecule has 288 valence electrons. The molecule has 1 atom stereocenters. The molecule has 0 amide bonds. The Morgan fingerprint density at radius 2 is 0.917 bits per heavy atom. The number of nitrogens with zero attached hydrogens (tertiary/aromatic N) is 1. The summed E-state index contributed by atoms with van der Waals surface area (Å²) in [6, 6.07) is 0. The summed E-state index contributed by atoms with van der Waals surface area (Å²) in [5, 5.41) is 9.57. The van der Waals surface area contributed by atoms with Gasteiger partial charge >= 0.3 is 5.97 Å². The first kappa shape index (κ1) is 47.4. The molecule has 1 unspecified atom stereocenters. The highest BCUT2D eigenvalue weighted by Crippen LogP contribution is 2.18. The van der Waals surface area contributed by atoms with Gasteiger partial charge in [0.1, 0.15) is 6.10 Å². The van der Waals surface area contributed by atoms with Crippen LogP contribution in [0.25, 0.3) is 0 Å².